The average molecular weight is 376 g/mol. The van der Waals surface area contributed by atoms with Gasteiger partial charge >= 0.3 is 5.97 Å². The third-order valence-electron chi connectivity index (χ3n) is 5.05. The van der Waals surface area contributed by atoms with Gasteiger partial charge in [-0.3, -0.25) is 14.5 Å². The highest BCUT2D eigenvalue weighted by Crippen LogP contribution is 2.24. The molecule has 2 aliphatic heterocycles. The smallest absolute Gasteiger partial charge is 0.341 e. The number of rotatable bonds is 6. The summed E-state index contributed by atoms with van der Waals surface area (Å²) < 4.78 is 9.97. The van der Waals surface area contributed by atoms with Gasteiger partial charge in [-0.15, -0.1) is 0 Å². The van der Waals surface area contributed by atoms with Crippen LogP contribution in [0.5, 0.6) is 5.75 Å². The maximum absolute atomic E-state index is 13.3. The van der Waals surface area contributed by atoms with Crippen molar-refractivity contribution in [2.24, 2.45) is 5.92 Å². The van der Waals surface area contributed by atoms with Crippen LogP contribution in [0.1, 0.15) is 27.1 Å². The number of Topliss-reactive ketones (excluding diaryl/α,β-unsaturated/α-hetero) is 2. The van der Waals surface area contributed by atoms with Crippen LogP contribution >= 0.6 is 0 Å². The predicted octanol–water partition coefficient (Wildman–Crippen LogP) is 0.241. The van der Waals surface area contributed by atoms with Crippen molar-refractivity contribution in [2.45, 2.75) is 12.5 Å². The number of nitrogens with zero attached hydrogens (tertiary/aromatic N) is 1. The van der Waals surface area contributed by atoms with Crippen LogP contribution in [0.25, 0.3) is 0 Å². The summed E-state index contributed by atoms with van der Waals surface area (Å²) in [6.45, 7) is 3.40. The highest BCUT2D eigenvalue weighted by atomic mass is 16.5. The summed E-state index contributed by atoms with van der Waals surface area (Å²) in [7, 11) is 1.20. The molecule has 2 unspecified atom stereocenters. The van der Waals surface area contributed by atoms with E-state index < -0.39 is 12.0 Å². The SMILES string of the molecule is COC(=O)c1cc(C(=O)C(C(=O)C2CCOC2)N2CCNCC2)ccc1O. The Morgan fingerprint density at radius 3 is 2.67 bits per heavy atom. The molecule has 0 aliphatic carbocycles. The Bertz CT molecular complexity index is 723. The molecular formula is C19H24N2O6. The van der Waals surface area contributed by atoms with Crippen molar-refractivity contribution < 1.29 is 29.0 Å². The summed E-state index contributed by atoms with van der Waals surface area (Å²) in [6, 6.07) is 3.07. The van der Waals surface area contributed by atoms with Crippen molar-refractivity contribution in [3.8, 4) is 5.75 Å². The lowest BCUT2D eigenvalue weighted by Gasteiger charge is -2.34. The molecule has 8 nitrogen and oxygen atoms in total. The van der Waals surface area contributed by atoms with Crippen LogP contribution in [0.15, 0.2) is 18.2 Å². The lowest BCUT2D eigenvalue weighted by molar-refractivity contribution is -0.126. The topological polar surface area (TPSA) is 105 Å². The number of hydrogen-bond donors (Lipinski definition) is 2. The van der Waals surface area contributed by atoms with E-state index in [2.05, 4.69) is 10.1 Å². The van der Waals surface area contributed by atoms with Crippen LogP contribution < -0.4 is 5.32 Å². The van der Waals surface area contributed by atoms with Gasteiger partial charge in [-0.25, -0.2) is 4.79 Å². The number of carbonyl (C=O) groups is 3. The van der Waals surface area contributed by atoms with E-state index in [0.717, 1.165) is 0 Å². The van der Waals surface area contributed by atoms with Gasteiger partial charge in [0.1, 0.15) is 17.4 Å². The minimum atomic E-state index is -0.922. The second-order valence-corrected chi connectivity index (χ2v) is 6.74. The molecule has 1 aromatic carbocycles. The quantitative estimate of drug-likeness (QED) is 0.413. The molecule has 2 heterocycles. The number of carbonyl (C=O) groups excluding carboxylic acids is 3. The zero-order chi connectivity index (χ0) is 19.4. The molecule has 2 atom stereocenters. The molecule has 1 aromatic rings. The molecule has 0 saturated carbocycles. The number of nitrogens with one attached hydrogen (secondary N) is 1. The van der Waals surface area contributed by atoms with E-state index in [1.165, 1.54) is 25.3 Å². The first-order valence-electron chi connectivity index (χ1n) is 9.04. The lowest BCUT2D eigenvalue weighted by Crippen LogP contribution is -2.55. The van der Waals surface area contributed by atoms with Crippen molar-refractivity contribution in [3.63, 3.8) is 0 Å². The van der Waals surface area contributed by atoms with Gasteiger partial charge in [0, 0.05) is 44.3 Å². The van der Waals surface area contributed by atoms with E-state index in [-0.39, 0.29) is 34.4 Å². The average Bonchev–Trinajstić information content (AvgIpc) is 3.23. The van der Waals surface area contributed by atoms with Crippen LogP contribution in [0, 0.1) is 5.92 Å². The van der Waals surface area contributed by atoms with Crippen LogP contribution in [0.3, 0.4) is 0 Å². The number of benzene rings is 1. The molecule has 2 saturated heterocycles. The maximum Gasteiger partial charge on any atom is 0.341 e. The van der Waals surface area contributed by atoms with Crippen molar-refractivity contribution >= 4 is 17.5 Å². The molecule has 0 aromatic heterocycles. The number of methoxy groups -OCH3 is 1. The Labute approximate surface area is 157 Å². The van der Waals surface area contributed by atoms with Crippen molar-refractivity contribution in [2.75, 3.05) is 46.5 Å². The van der Waals surface area contributed by atoms with Gasteiger partial charge in [-0.1, -0.05) is 0 Å². The number of hydrogen-bond acceptors (Lipinski definition) is 8. The van der Waals surface area contributed by atoms with Gasteiger partial charge in [0.25, 0.3) is 0 Å². The monoisotopic (exact) mass is 376 g/mol. The Hall–Kier alpha value is -2.29. The van der Waals surface area contributed by atoms with E-state index in [4.69, 9.17) is 4.74 Å². The van der Waals surface area contributed by atoms with Crippen molar-refractivity contribution in [3.05, 3.63) is 29.3 Å². The first-order chi connectivity index (χ1) is 13.0. The van der Waals surface area contributed by atoms with Gasteiger partial charge in [-0.05, 0) is 24.6 Å². The zero-order valence-electron chi connectivity index (χ0n) is 15.3. The number of phenolic OH excluding ortho intramolecular Hbond substituents is 1. The molecule has 27 heavy (non-hydrogen) atoms. The summed E-state index contributed by atoms with van der Waals surface area (Å²) >= 11 is 0. The number of aromatic hydroxyl groups is 1. The number of phenols is 1. The Balaban J connectivity index is 1.92. The Morgan fingerprint density at radius 2 is 2.04 bits per heavy atom. The number of ether oxygens (including phenoxy) is 2. The zero-order valence-corrected chi connectivity index (χ0v) is 15.3. The molecule has 8 heteroatoms. The summed E-state index contributed by atoms with van der Waals surface area (Å²) in [5, 5.41) is 13.1. The summed E-state index contributed by atoms with van der Waals surface area (Å²) in [5.74, 6) is -1.83. The second kappa shape index (κ2) is 8.60. The Kier molecular flexibility index (Phi) is 6.20. The molecule has 2 N–H and O–H groups in total. The fourth-order valence-electron chi connectivity index (χ4n) is 3.52. The van der Waals surface area contributed by atoms with Gasteiger partial charge in [0.2, 0.25) is 0 Å². The fourth-order valence-corrected chi connectivity index (χ4v) is 3.52. The highest BCUT2D eigenvalue weighted by Gasteiger charge is 2.39. The largest absolute Gasteiger partial charge is 0.507 e. The summed E-state index contributed by atoms with van der Waals surface area (Å²) in [4.78, 5) is 40.1. The predicted molar refractivity (Wildman–Crippen MR) is 95.9 cm³/mol. The van der Waals surface area contributed by atoms with Crippen LogP contribution in [0.2, 0.25) is 0 Å². The third kappa shape index (κ3) is 4.18. The highest BCUT2D eigenvalue weighted by molar-refractivity contribution is 6.15. The molecule has 0 amide bonds. The molecular weight excluding hydrogens is 352 g/mol. The summed E-state index contributed by atoms with van der Waals surface area (Å²) in [6.07, 6.45) is 0.609. The molecule has 3 rings (SSSR count). The molecule has 2 aliphatic rings. The van der Waals surface area contributed by atoms with Gasteiger partial charge < -0.3 is 19.9 Å². The van der Waals surface area contributed by atoms with Gasteiger partial charge in [0.15, 0.2) is 11.6 Å². The standard InChI is InChI=1S/C19H24N2O6/c1-26-19(25)14-10-12(2-3-15(14)22)17(23)16(21-7-5-20-6-8-21)18(24)13-4-9-27-11-13/h2-3,10,13,16,20,22H,4-9,11H2,1H3. The van der Waals surface area contributed by atoms with E-state index in [1.807, 2.05) is 4.90 Å². The van der Waals surface area contributed by atoms with Crippen molar-refractivity contribution in [1.29, 1.82) is 0 Å². The fraction of sp³-hybridized carbons (Fsp3) is 0.526. The maximum atomic E-state index is 13.3. The molecule has 0 radical (unpaired) electrons. The van der Waals surface area contributed by atoms with E-state index in [9.17, 15) is 19.5 Å². The first-order valence-corrected chi connectivity index (χ1v) is 9.04. The number of ketones is 2. The minimum absolute atomic E-state index is 0.0981. The number of piperazine rings is 1. The van der Waals surface area contributed by atoms with Crippen LogP contribution in [-0.4, -0.2) is 80.1 Å². The van der Waals surface area contributed by atoms with Crippen LogP contribution in [0.4, 0.5) is 0 Å². The van der Waals surface area contributed by atoms with E-state index >= 15 is 0 Å². The normalized spacial score (nSPS) is 21.6. The minimum Gasteiger partial charge on any atom is -0.507 e. The molecule has 0 spiro atoms. The lowest BCUT2D eigenvalue weighted by atomic mass is 9.90. The van der Waals surface area contributed by atoms with E-state index in [0.29, 0.717) is 45.8 Å². The summed E-state index contributed by atoms with van der Waals surface area (Å²) in [5.41, 5.74) is 0.100. The first kappa shape index (κ1) is 19.5. The third-order valence-corrected chi connectivity index (χ3v) is 5.05. The molecule has 2 fully saturated rings. The molecule has 0 bridgehead atoms. The number of esters is 1. The second-order valence-electron chi connectivity index (χ2n) is 6.74. The van der Waals surface area contributed by atoms with Gasteiger partial charge in [0.05, 0.1) is 13.7 Å². The van der Waals surface area contributed by atoms with E-state index in [1.54, 1.807) is 0 Å². The Morgan fingerprint density at radius 1 is 1.30 bits per heavy atom. The van der Waals surface area contributed by atoms with Crippen LogP contribution in [-0.2, 0) is 14.3 Å². The molecule has 146 valence electrons. The van der Waals surface area contributed by atoms with Gasteiger partial charge in [-0.2, -0.15) is 0 Å². The van der Waals surface area contributed by atoms with Crippen molar-refractivity contribution in [1.82, 2.24) is 10.2 Å².